The molecular formula is C11H27NSi. The lowest BCUT2D eigenvalue weighted by atomic mass is 10.4. The molecule has 1 N–H and O–H groups in total. The first-order valence-electron chi connectivity index (χ1n) is 5.99. The van der Waals surface area contributed by atoms with E-state index in [2.05, 4.69) is 32.7 Å². The first-order chi connectivity index (χ1) is 6.24. The van der Waals surface area contributed by atoms with Crippen molar-refractivity contribution < 1.29 is 0 Å². The van der Waals surface area contributed by atoms with Crippen LogP contribution in [0.25, 0.3) is 0 Å². The zero-order chi connectivity index (χ0) is 10.2. The van der Waals surface area contributed by atoms with Gasteiger partial charge in [0.05, 0.1) is 0 Å². The summed E-state index contributed by atoms with van der Waals surface area (Å²) in [6, 6.07) is 4.30. The molecule has 80 valence electrons. The van der Waals surface area contributed by atoms with Gasteiger partial charge in [-0.1, -0.05) is 40.5 Å². The number of nitrogens with one attached hydrogen (secondary N) is 1. The van der Waals surface area contributed by atoms with Crippen LogP contribution in [0.15, 0.2) is 0 Å². The second kappa shape index (κ2) is 7.57. The molecule has 0 heterocycles. The summed E-state index contributed by atoms with van der Waals surface area (Å²) in [6.45, 7) is 10.5. The Morgan fingerprint density at radius 3 is 1.92 bits per heavy atom. The van der Waals surface area contributed by atoms with Crippen molar-refractivity contribution in [2.75, 3.05) is 6.54 Å². The highest BCUT2D eigenvalue weighted by Gasteiger charge is 2.26. The largest absolute Gasteiger partial charge is 0.337 e. The summed E-state index contributed by atoms with van der Waals surface area (Å²) in [5, 5.41) is 0. The molecule has 0 fully saturated rings. The highest BCUT2D eigenvalue weighted by Crippen LogP contribution is 2.20. The molecular weight excluding hydrogens is 174 g/mol. The lowest BCUT2D eigenvalue weighted by Crippen LogP contribution is -2.49. The Kier molecular flexibility index (Phi) is 7.67. The molecule has 0 atom stereocenters. The highest BCUT2D eigenvalue weighted by atomic mass is 28.3. The monoisotopic (exact) mass is 201 g/mol. The second-order valence-electron chi connectivity index (χ2n) is 4.02. The number of hydrogen-bond acceptors (Lipinski definition) is 1. The first-order valence-corrected chi connectivity index (χ1v) is 8.61. The number of hydrogen-bond donors (Lipinski definition) is 1. The Labute approximate surface area is 85.4 Å². The third-order valence-corrected chi connectivity index (χ3v) is 8.13. The Hall–Kier alpha value is 0.177. The van der Waals surface area contributed by atoms with Gasteiger partial charge in [-0.3, -0.25) is 0 Å². The van der Waals surface area contributed by atoms with Gasteiger partial charge in [0, 0.05) is 0 Å². The molecule has 2 heteroatoms. The molecule has 0 aromatic carbocycles. The van der Waals surface area contributed by atoms with Crippen LogP contribution >= 0.6 is 0 Å². The normalized spacial score (nSPS) is 12.0. The van der Waals surface area contributed by atoms with Crippen LogP contribution in [-0.4, -0.2) is 14.8 Å². The Morgan fingerprint density at radius 1 is 0.923 bits per heavy atom. The topological polar surface area (TPSA) is 12.0 Å². The fourth-order valence-electron chi connectivity index (χ4n) is 1.85. The van der Waals surface area contributed by atoms with Crippen LogP contribution in [0.4, 0.5) is 0 Å². The standard InChI is InChI=1S/C11H27NSi/c1-5-9-11-13(7-3,8-4)12-10-6-2/h12H,5-11H2,1-4H3. The van der Waals surface area contributed by atoms with E-state index in [-0.39, 0.29) is 0 Å². The molecule has 0 saturated carbocycles. The average Bonchev–Trinajstić information content (AvgIpc) is 2.20. The fraction of sp³-hybridized carbons (Fsp3) is 1.00. The Balaban J connectivity index is 3.97. The van der Waals surface area contributed by atoms with Gasteiger partial charge in [0.2, 0.25) is 0 Å². The van der Waals surface area contributed by atoms with Crippen molar-refractivity contribution in [3.05, 3.63) is 0 Å². The van der Waals surface area contributed by atoms with Crippen molar-refractivity contribution in [1.82, 2.24) is 4.98 Å². The zero-order valence-electron chi connectivity index (χ0n) is 9.95. The molecule has 0 aliphatic rings. The third kappa shape index (κ3) is 4.82. The molecule has 0 aromatic rings. The molecule has 0 unspecified atom stereocenters. The van der Waals surface area contributed by atoms with Crippen LogP contribution in [0.3, 0.4) is 0 Å². The predicted molar refractivity (Wildman–Crippen MR) is 64.7 cm³/mol. The smallest absolute Gasteiger partial charge is 0.125 e. The maximum Gasteiger partial charge on any atom is 0.125 e. The molecule has 0 radical (unpaired) electrons. The third-order valence-electron chi connectivity index (χ3n) is 3.11. The summed E-state index contributed by atoms with van der Waals surface area (Å²) >= 11 is 0. The second-order valence-corrected chi connectivity index (χ2v) is 8.85. The molecule has 0 bridgehead atoms. The molecule has 0 saturated heterocycles. The fourth-order valence-corrected chi connectivity index (χ4v) is 5.54. The van der Waals surface area contributed by atoms with E-state index in [4.69, 9.17) is 0 Å². The predicted octanol–water partition coefficient (Wildman–Crippen LogP) is 3.77. The van der Waals surface area contributed by atoms with Crippen LogP contribution < -0.4 is 4.98 Å². The molecule has 0 aliphatic heterocycles. The lowest BCUT2D eigenvalue weighted by molar-refractivity contribution is 0.783. The minimum atomic E-state index is -1.04. The molecule has 13 heavy (non-hydrogen) atoms. The van der Waals surface area contributed by atoms with Crippen LogP contribution in [-0.2, 0) is 0 Å². The molecule has 0 amide bonds. The highest BCUT2D eigenvalue weighted by molar-refractivity contribution is 6.77. The van der Waals surface area contributed by atoms with Gasteiger partial charge in [-0.25, -0.2) is 0 Å². The van der Waals surface area contributed by atoms with Crippen molar-refractivity contribution in [3.63, 3.8) is 0 Å². The van der Waals surface area contributed by atoms with Crippen LogP contribution in [0.1, 0.15) is 47.0 Å². The van der Waals surface area contributed by atoms with Crippen molar-refractivity contribution >= 4 is 8.24 Å². The van der Waals surface area contributed by atoms with E-state index in [1.807, 2.05) is 0 Å². The molecule has 1 nitrogen and oxygen atoms in total. The van der Waals surface area contributed by atoms with Crippen molar-refractivity contribution in [3.8, 4) is 0 Å². The van der Waals surface area contributed by atoms with Crippen molar-refractivity contribution in [2.45, 2.75) is 65.1 Å². The minimum absolute atomic E-state index is 1.04. The summed E-state index contributed by atoms with van der Waals surface area (Å²) in [7, 11) is -1.04. The number of unbranched alkanes of at least 4 members (excludes halogenated alkanes) is 1. The Morgan fingerprint density at radius 2 is 1.54 bits per heavy atom. The maximum atomic E-state index is 3.86. The van der Waals surface area contributed by atoms with Gasteiger partial charge in [0.15, 0.2) is 0 Å². The van der Waals surface area contributed by atoms with Gasteiger partial charge >= 0.3 is 0 Å². The van der Waals surface area contributed by atoms with Crippen molar-refractivity contribution in [1.29, 1.82) is 0 Å². The van der Waals surface area contributed by atoms with E-state index in [1.54, 1.807) is 0 Å². The van der Waals surface area contributed by atoms with Crippen LogP contribution in [0, 0.1) is 0 Å². The molecule has 0 aliphatic carbocycles. The van der Waals surface area contributed by atoms with E-state index in [1.165, 1.54) is 43.9 Å². The average molecular weight is 201 g/mol. The van der Waals surface area contributed by atoms with Crippen LogP contribution in [0.5, 0.6) is 0 Å². The van der Waals surface area contributed by atoms with E-state index >= 15 is 0 Å². The lowest BCUT2D eigenvalue weighted by Gasteiger charge is -2.30. The van der Waals surface area contributed by atoms with E-state index in [9.17, 15) is 0 Å². The Bertz CT molecular complexity index is 101. The first kappa shape index (κ1) is 13.2. The molecule has 0 rings (SSSR count). The van der Waals surface area contributed by atoms with Gasteiger partial charge < -0.3 is 4.98 Å². The summed E-state index contributed by atoms with van der Waals surface area (Å²) in [4.78, 5) is 3.86. The summed E-state index contributed by atoms with van der Waals surface area (Å²) in [5.74, 6) is 0. The van der Waals surface area contributed by atoms with Gasteiger partial charge in [0.1, 0.15) is 8.24 Å². The number of rotatable bonds is 8. The van der Waals surface area contributed by atoms with Gasteiger partial charge in [-0.2, -0.15) is 0 Å². The summed E-state index contributed by atoms with van der Waals surface area (Å²) in [5.41, 5.74) is 0. The maximum absolute atomic E-state index is 3.86. The summed E-state index contributed by atoms with van der Waals surface area (Å²) in [6.07, 6.45) is 4.05. The van der Waals surface area contributed by atoms with Gasteiger partial charge in [-0.15, -0.1) is 0 Å². The minimum Gasteiger partial charge on any atom is -0.337 e. The zero-order valence-corrected chi connectivity index (χ0v) is 10.9. The van der Waals surface area contributed by atoms with Gasteiger partial charge in [0.25, 0.3) is 0 Å². The van der Waals surface area contributed by atoms with E-state index in [0.717, 1.165) is 0 Å². The quantitative estimate of drug-likeness (QED) is 0.590. The van der Waals surface area contributed by atoms with E-state index in [0.29, 0.717) is 0 Å². The van der Waals surface area contributed by atoms with Crippen molar-refractivity contribution in [2.24, 2.45) is 0 Å². The molecule has 0 spiro atoms. The summed E-state index contributed by atoms with van der Waals surface area (Å²) < 4.78 is 0. The SMILES string of the molecule is CCCC[Si](CC)(CC)NCCC. The molecule has 0 aromatic heterocycles. The van der Waals surface area contributed by atoms with Gasteiger partial charge in [-0.05, 0) is 31.1 Å². The van der Waals surface area contributed by atoms with E-state index < -0.39 is 8.24 Å². The van der Waals surface area contributed by atoms with Crippen LogP contribution in [0.2, 0.25) is 18.1 Å².